The molecule has 3 aliphatic heterocycles. The van der Waals surface area contributed by atoms with Gasteiger partial charge in [-0.25, -0.2) is 8.78 Å². The number of nitriles is 1. The highest BCUT2D eigenvalue weighted by Gasteiger charge is 2.41. The van der Waals surface area contributed by atoms with Gasteiger partial charge in [-0.1, -0.05) is 30.3 Å². The molecule has 0 radical (unpaired) electrons. The van der Waals surface area contributed by atoms with E-state index in [1.165, 1.54) is 17.0 Å². The minimum Gasteiger partial charge on any atom is -0.369 e. The van der Waals surface area contributed by atoms with Crippen LogP contribution in [0.25, 0.3) is 10.8 Å². The first-order valence-corrected chi connectivity index (χ1v) is 15.4. The molecule has 0 saturated carbocycles. The Hall–Kier alpha value is -5.14. The Balaban J connectivity index is 1.07. The number of rotatable bonds is 6. The average molecular weight is 620 g/mol. The third kappa shape index (κ3) is 5.07. The summed E-state index contributed by atoms with van der Waals surface area (Å²) in [7, 11) is 0. The second kappa shape index (κ2) is 11.7. The molecular formula is C36H31F2N5O3. The van der Waals surface area contributed by atoms with Gasteiger partial charge >= 0.3 is 0 Å². The Morgan fingerprint density at radius 2 is 1.67 bits per heavy atom. The van der Waals surface area contributed by atoms with Gasteiger partial charge in [0.2, 0.25) is 11.8 Å². The zero-order chi connectivity index (χ0) is 32.1. The van der Waals surface area contributed by atoms with E-state index >= 15 is 4.39 Å². The first-order chi connectivity index (χ1) is 22.2. The van der Waals surface area contributed by atoms with Gasteiger partial charge in [-0.3, -0.25) is 24.6 Å². The Morgan fingerprint density at radius 1 is 0.913 bits per heavy atom. The van der Waals surface area contributed by atoms with Gasteiger partial charge in [0.25, 0.3) is 5.91 Å². The van der Waals surface area contributed by atoms with Gasteiger partial charge in [-0.2, -0.15) is 5.26 Å². The quantitative estimate of drug-likeness (QED) is 0.284. The van der Waals surface area contributed by atoms with Gasteiger partial charge in [-0.15, -0.1) is 0 Å². The zero-order valence-electron chi connectivity index (χ0n) is 24.9. The molecule has 0 aliphatic carbocycles. The van der Waals surface area contributed by atoms with E-state index in [0.29, 0.717) is 47.6 Å². The van der Waals surface area contributed by atoms with Crippen LogP contribution in [0.2, 0.25) is 0 Å². The van der Waals surface area contributed by atoms with Crippen molar-refractivity contribution in [3.63, 3.8) is 0 Å². The standard InChI is InChI=1S/C36H31F2N5O3/c37-27-18-24(34(40)21-12-14-42(15-13-21)29-8-4-20(19-39)16-28(29)38)6-5-23(27)17-22-7-9-30-33-25(22)2-1-3-26(33)36(46)43(30)31-10-11-32(44)41-35(31)45/h1-9,16,18,21,31,34H,10-15,17,40H2,(H,41,44,45). The van der Waals surface area contributed by atoms with Crippen molar-refractivity contribution in [1.29, 1.82) is 5.26 Å². The maximum absolute atomic E-state index is 15.6. The number of benzene rings is 4. The Labute approximate surface area is 264 Å². The molecule has 0 bridgehead atoms. The number of nitrogens with two attached hydrogens (primary N) is 1. The van der Waals surface area contributed by atoms with Crippen LogP contribution in [0, 0.1) is 28.9 Å². The number of amides is 3. The molecule has 10 heteroatoms. The summed E-state index contributed by atoms with van der Waals surface area (Å²) in [4.78, 5) is 41.2. The monoisotopic (exact) mass is 619 g/mol. The number of piperidine rings is 2. The van der Waals surface area contributed by atoms with Gasteiger partial charge in [0.15, 0.2) is 0 Å². The summed E-state index contributed by atoms with van der Waals surface area (Å²) in [6.45, 7) is 1.21. The number of nitrogens with zero attached hydrogens (tertiary/aromatic N) is 3. The fourth-order valence-electron chi connectivity index (χ4n) is 7.18. The third-order valence-corrected chi connectivity index (χ3v) is 9.65. The van der Waals surface area contributed by atoms with E-state index in [9.17, 15) is 18.8 Å². The van der Waals surface area contributed by atoms with Crippen LogP contribution in [0.15, 0.2) is 66.7 Å². The van der Waals surface area contributed by atoms with Crippen molar-refractivity contribution >= 4 is 39.9 Å². The molecule has 8 nitrogen and oxygen atoms in total. The SMILES string of the molecule is N#Cc1ccc(N2CCC(C(N)c3ccc(Cc4ccc5c6c(cccc46)C(=O)N5C4CCC(=O)NC4=O)c(F)c3)CC2)c(F)c1. The molecule has 4 aromatic rings. The summed E-state index contributed by atoms with van der Waals surface area (Å²) < 4.78 is 30.1. The van der Waals surface area contributed by atoms with Gasteiger partial charge in [0.1, 0.15) is 17.7 Å². The molecule has 0 spiro atoms. The number of carbonyl (C=O) groups excluding carboxylic acids is 3. The van der Waals surface area contributed by atoms with E-state index in [-0.39, 0.29) is 48.0 Å². The van der Waals surface area contributed by atoms with E-state index in [2.05, 4.69) is 5.32 Å². The number of nitrogens with one attached hydrogen (secondary N) is 1. The highest BCUT2D eigenvalue weighted by molar-refractivity contribution is 6.27. The number of hydrogen-bond acceptors (Lipinski definition) is 6. The smallest absolute Gasteiger partial charge is 0.259 e. The number of halogens is 2. The summed E-state index contributed by atoms with van der Waals surface area (Å²) in [5.74, 6) is -1.80. The van der Waals surface area contributed by atoms with Crippen molar-refractivity contribution in [3.8, 4) is 6.07 Å². The van der Waals surface area contributed by atoms with Crippen LogP contribution in [-0.2, 0) is 16.0 Å². The van der Waals surface area contributed by atoms with E-state index in [1.54, 1.807) is 36.4 Å². The van der Waals surface area contributed by atoms with Gasteiger partial charge in [-0.05, 0) is 83.7 Å². The van der Waals surface area contributed by atoms with Crippen LogP contribution in [0.1, 0.15) is 64.3 Å². The van der Waals surface area contributed by atoms with Crippen LogP contribution in [0.3, 0.4) is 0 Å². The number of imide groups is 1. The maximum Gasteiger partial charge on any atom is 0.259 e. The number of anilines is 2. The molecule has 3 amide bonds. The normalized spacial score (nSPS) is 19.0. The molecule has 7 rings (SSSR count). The molecular weight excluding hydrogens is 588 g/mol. The summed E-state index contributed by atoms with van der Waals surface area (Å²) in [6, 6.07) is 19.5. The van der Waals surface area contributed by atoms with Crippen molar-refractivity contribution in [3.05, 3.63) is 106 Å². The van der Waals surface area contributed by atoms with Crippen LogP contribution in [-0.4, -0.2) is 36.9 Å². The van der Waals surface area contributed by atoms with Crippen LogP contribution >= 0.6 is 0 Å². The number of carbonyl (C=O) groups is 3. The molecule has 3 heterocycles. The fourth-order valence-corrected chi connectivity index (χ4v) is 7.18. The van der Waals surface area contributed by atoms with Crippen molar-refractivity contribution in [2.45, 2.75) is 44.2 Å². The van der Waals surface area contributed by atoms with Gasteiger partial charge < -0.3 is 10.6 Å². The minimum absolute atomic E-state index is 0.101. The molecule has 2 fully saturated rings. The Bertz CT molecular complexity index is 1960. The van der Waals surface area contributed by atoms with E-state index in [4.69, 9.17) is 11.0 Å². The lowest BCUT2D eigenvalue weighted by Crippen LogP contribution is -2.53. The van der Waals surface area contributed by atoms with Crippen LogP contribution < -0.4 is 20.9 Å². The second-order valence-electron chi connectivity index (χ2n) is 12.3. The molecule has 2 unspecified atom stereocenters. The highest BCUT2D eigenvalue weighted by atomic mass is 19.1. The lowest BCUT2D eigenvalue weighted by atomic mass is 9.85. The van der Waals surface area contributed by atoms with Crippen molar-refractivity contribution in [2.75, 3.05) is 22.9 Å². The second-order valence-corrected chi connectivity index (χ2v) is 12.3. The summed E-state index contributed by atoms with van der Waals surface area (Å²) in [5, 5.41) is 12.9. The Morgan fingerprint density at radius 3 is 2.39 bits per heavy atom. The summed E-state index contributed by atoms with van der Waals surface area (Å²) >= 11 is 0. The first kappa shape index (κ1) is 29.6. The van der Waals surface area contributed by atoms with E-state index < -0.39 is 17.8 Å². The van der Waals surface area contributed by atoms with E-state index in [1.807, 2.05) is 29.2 Å². The Kier molecular flexibility index (Phi) is 7.49. The van der Waals surface area contributed by atoms with Crippen LogP contribution in [0.5, 0.6) is 0 Å². The topological polar surface area (TPSA) is 120 Å². The van der Waals surface area contributed by atoms with Crippen molar-refractivity contribution in [2.24, 2.45) is 11.7 Å². The molecule has 232 valence electrons. The third-order valence-electron chi connectivity index (χ3n) is 9.65. The largest absolute Gasteiger partial charge is 0.369 e. The molecule has 3 N–H and O–H groups in total. The molecule has 2 saturated heterocycles. The summed E-state index contributed by atoms with van der Waals surface area (Å²) in [6.07, 6.45) is 2.15. The van der Waals surface area contributed by atoms with Crippen molar-refractivity contribution < 1.29 is 23.2 Å². The highest BCUT2D eigenvalue weighted by Crippen LogP contribution is 2.42. The van der Waals surface area contributed by atoms with E-state index in [0.717, 1.165) is 29.2 Å². The molecule has 4 aromatic carbocycles. The lowest BCUT2D eigenvalue weighted by molar-refractivity contribution is -0.134. The average Bonchev–Trinajstić information content (AvgIpc) is 3.34. The predicted molar refractivity (Wildman–Crippen MR) is 169 cm³/mol. The maximum atomic E-state index is 15.6. The predicted octanol–water partition coefficient (Wildman–Crippen LogP) is 5.26. The van der Waals surface area contributed by atoms with Gasteiger partial charge in [0.05, 0.1) is 23.0 Å². The molecule has 0 aromatic heterocycles. The first-order valence-electron chi connectivity index (χ1n) is 15.4. The molecule has 3 aliphatic rings. The van der Waals surface area contributed by atoms with Crippen LogP contribution in [0.4, 0.5) is 20.2 Å². The number of hydrogen-bond donors (Lipinski definition) is 2. The molecule has 2 atom stereocenters. The summed E-state index contributed by atoms with van der Waals surface area (Å²) in [5.41, 5.74) is 10.5. The zero-order valence-corrected chi connectivity index (χ0v) is 24.9. The molecule has 46 heavy (non-hydrogen) atoms. The lowest BCUT2D eigenvalue weighted by Gasteiger charge is -2.36. The fraction of sp³-hybridized carbons (Fsp3) is 0.278. The minimum atomic E-state index is -0.773. The van der Waals surface area contributed by atoms with Gasteiger partial charge in [0, 0.05) is 42.9 Å². The van der Waals surface area contributed by atoms with Crippen molar-refractivity contribution in [1.82, 2.24) is 5.32 Å².